The van der Waals surface area contributed by atoms with Crippen molar-refractivity contribution in [2.45, 2.75) is 25.8 Å². The van der Waals surface area contributed by atoms with Crippen molar-refractivity contribution >= 4 is 23.7 Å². The van der Waals surface area contributed by atoms with Gasteiger partial charge in [-0.25, -0.2) is 0 Å². The van der Waals surface area contributed by atoms with Gasteiger partial charge >= 0.3 is 0 Å². The summed E-state index contributed by atoms with van der Waals surface area (Å²) >= 11 is 1.78. The summed E-state index contributed by atoms with van der Waals surface area (Å²) in [6, 6.07) is 0. The number of hydrogen-bond acceptors (Lipinski definition) is 4. The lowest BCUT2D eigenvalue weighted by molar-refractivity contribution is 0.194. The molecule has 17 heavy (non-hydrogen) atoms. The lowest BCUT2D eigenvalue weighted by Gasteiger charge is -2.33. The fourth-order valence-corrected chi connectivity index (χ4v) is 3.70. The molecule has 0 atom stereocenters. The molecule has 2 saturated heterocycles. The zero-order chi connectivity index (χ0) is 10.8. The highest BCUT2D eigenvalue weighted by Gasteiger charge is 2.38. The van der Waals surface area contributed by atoms with Gasteiger partial charge in [-0.1, -0.05) is 0 Å². The van der Waals surface area contributed by atoms with Crippen LogP contribution in [0.1, 0.15) is 24.1 Å². The van der Waals surface area contributed by atoms with Crippen LogP contribution in [0.3, 0.4) is 0 Å². The average molecular weight is 274 g/mol. The van der Waals surface area contributed by atoms with E-state index in [0.717, 1.165) is 6.54 Å². The Kier molecular flexibility index (Phi) is 4.42. The molecule has 2 fully saturated rings. The standard InChI is InChI=1S/C12H19N3S.ClH/c1-4-13-5-2-12(1)3-6-15(9-12)8-11-7-14-10-16-11;/h7,10,13H,1-6,8-9H2;1H. The number of likely N-dealkylation sites (tertiary alicyclic amines) is 1. The summed E-state index contributed by atoms with van der Waals surface area (Å²) in [5.41, 5.74) is 2.57. The molecule has 2 aliphatic heterocycles. The summed E-state index contributed by atoms with van der Waals surface area (Å²) in [4.78, 5) is 8.17. The Bertz CT molecular complexity index is 336. The van der Waals surface area contributed by atoms with Gasteiger partial charge in [0.2, 0.25) is 0 Å². The molecule has 1 aromatic heterocycles. The molecule has 5 heteroatoms. The molecule has 3 heterocycles. The molecule has 2 aliphatic rings. The maximum Gasteiger partial charge on any atom is 0.0794 e. The molecule has 0 unspecified atom stereocenters. The van der Waals surface area contributed by atoms with Crippen LogP contribution in [0.15, 0.2) is 11.7 Å². The van der Waals surface area contributed by atoms with Crippen molar-refractivity contribution in [2.75, 3.05) is 26.2 Å². The zero-order valence-electron chi connectivity index (χ0n) is 10.0. The summed E-state index contributed by atoms with van der Waals surface area (Å²) in [6.45, 7) is 6.12. The predicted molar refractivity (Wildman–Crippen MR) is 73.8 cm³/mol. The Hall–Kier alpha value is -0.160. The van der Waals surface area contributed by atoms with Gasteiger partial charge in [0, 0.05) is 24.2 Å². The summed E-state index contributed by atoms with van der Waals surface area (Å²) in [6.07, 6.45) is 6.14. The Morgan fingerprint density at radius 1 is 1.35 bits per heavy atom. The van der Waals surface area contributed by atoms with Crippen LogP contribution in [0.4, 0.5) is 0 Å². The second-order valence-corrected chi connectivity index (χ2v) is 6.15. The molecule has 0 amide bonds. The Morgan fingerprint density at radius 2 is 2.18 bits per heavy atom. The van der Waals surface area contributed by atoms with Gasteiger partial charge in [0.25, 0.3) is 0 Å². The maximum atomic E-state index is 4.15. The van der Waals surface area contributed by atoms with E-state index in [2.05, 4.69) is 15.2 Å². The van der Waals surface area contributed by atoms with Crippen molar-refractivity contribution in [3.8, 4) is 0 Å². The van der Waals surface area contributed by atoms with E-state index in [9.17, 15) is 0 Å². The second-order valence-electron chi connectivity index (χ2n) is 5.18. The van der Waals surface area contributed by atoms with Crippen molar-refractivity contribution in [2.24, 2.45) is 5.41 Å². The van der Waals surface area contributed by atoms with E-state index in [1.807, 2.05) is 11.7 Å². The number of nitrogens with zero attached hydrogens (tertiary/aromatic N) is 2. The molecule has 96 valence electrons. The minimum atomic E-state index is 0. The fraction of sp³-hybridized carbons (Fsp3) is 0.750. The fourth-order valence-electron chi connectivity index (χ4n) is 3.07. The van der Waals surface area contributed by atoms with E-state index in [1.165, 1.54) is 50.3 Å². The van der Waals surface area contributed by atoms with Gasteiger partial charge in [-0.15, -0.1) is 23.7 Å². The van der Waals surface area contributed by atoms with Crippen molar-refractivity contribution in [1.29, 1.82) is 0 Å². The van der Waals surface area contributed by atoms with Crippen molar-refractivity contribution in [1.82, 2.24) is 15.2 Å². The van der Waals surface area contributed by atoms with Gasteiger partial charge in [-0.3, -0.25) is 9.88 Å². The highest BCUT2D eigenvalue weighted by Crippen LogP contribution is 2.39. The van der Waals surface area contributed by atoms with Gasteiger partial charge in [0.05, 0.1) is 5.51 Å². The van der Waals surface area contributed by atoms with E-state index < -0.39 is 0 Å². The number of hydrogen-bond donors (Lipinski definition) is 1. The van der Waals surface area contributed by atoms with E-state index in [0.29, 0.717) is 5.41 Å². The second kappa shape index (κ2) is 5.65. The van der Waals surface area contributed by atoms with Gasteiger partial charge in [-0.05, 0) is 44.3 Å². The quantitative estimate of drug-likeness (QED) is 0.895. The first-order chi connectivity index (χ1) is 7.86. The monoisotopic (exact) mass is 273 g/mol. The summed E-state index contributed by atoms with van der Waals surface area (Å²) in [5, 5.41) is 3.47. The summed E-state index contributed by atoms with van der Waals surface area (Å²) in [5.74, 6) is 0. The highest BCUT2D eigenvalue weighted by molar-refractivity contribution is 7.09. The molecule has 0 radical (unpaired) electrons. The smallest absolute Gasteiger partial charge is 0.0794 e. The summed E-state index contributed by atoms with van der Waals surface area (Å²) in [7, 11) is 0. The van der Waals surface area contributed by atoms with Crippen LogP contribution in [0.2, 0.25) is 0 Å². The van der Waals surface area contributed by atoms with Gasteiger partial charge in [0.1, 0.15) is 0 Å². The van der Waals surface area contributed by atoms with Gasteiger partial charge in [0.15, 0.2) is 0 Å². The molecular weight excluding hydrogens is 254 g/mol. The number of thiazole rings is 1. The maximum absolute atomic E-state index is 4.15. The predicted octanol–water partition coefficient (Wildman–Crippen LogP) is 2.14. The molecule has 3 rings (SSSR count). The average Bonchev–Trinajstić information content (AvgIpc) is 2.92. The lowest BCUT2D eigenvalue weighted by atomic mass is 9.78. The van der Waals surface area contributed by atoms with E-state index in [4.69, 9.17) is 0 Å². The molecule has 1 spiro atoms. The van der Waals surface area contributed by atoms with Crippen LogP contribution in [0.5, 0.6) is 0 Å². The first kappa shape index (κ1) is 13.3. The molecule has 0 aromatic carbocycles. The van der Waals surface area contributed by atoms with Crippen LogP contribution >= 0.6 is 23.7 Å². The van der Waals surface area contributed by atoms with Crippen LogP contribution in [0.25, 0.3) is 0 Å². The molecular formula is C12H20ClN3S. The summed E-state index contributed by atoms with van der Waals surface area (Å²) < 4.78 is 0. The van der Waals surface area contributed by atoms with Crippen LogP contribution < -0.4 is 5.32 Å². The topological polar surface area (TPSA) is 28.2 Å². The van der Waals surface area contributed by atoms with Gasteiger partial charge in [-0.2, -0.15) is 0 Å². The van der Waals surface area contributed by atoms with Crippen molar-refractivity contribution in [3.63, 3.8) is 0 Å². The minimum Gasteiger partial charge on any atom is -0.317 e. The van der Waals surface area contributed by atoms with E-state index in [1.54, 1.807) is 11.3 Å². The van der Waals surface area contributed by atoms with E-state index >= 15 is 0 Å². The third-order valence-corrected chi connectivity index (χ3v) is 4.81. The lowest BCUT2D eigenvalue weighted by Crippen LogP contribution is -2.38. The number of nitrogens with one attached hydrogen (secondary N) is 1. The zero-order valence-corrected chi connectivity index (χ0v) is 11.7. The van der Waals surface area contributed by atoms with Crippen molar-refractivity contribution < 1.29 is 0 Å². The number of piperidine rings is 1. The number of rotatable bonds is 2. The highest BCUT2D eigenvalue weighted by atomic mass is 35.5. The normalized spacial score (nSPS) is 23.8. The molecule has 1 aromatic rings. The number of halogens is 1. The third-order valence-electron chi connectivity index (χ3n) is 4.04. The van der Waals surface area contributed by atoms with Crippen LogP contribution in [-0.4, -0.2) is 36.1 Å². The molecule has 0 saturated carbocycles. The third kappa shape index (κ3) is 2.99. The Morgan fingerprint density at radius 3 is 2.88 bits per heavy atom. The molecule has 0 bridgehead atoms. The molecule has 3 nitrogen and oxygen atoms in total. The van der Waals surface area contributed by atoms with Gasteiger partial charge < -0.3 is 5.32 Å². The molecule has 1 N–H and O–H groups in total. The number of aromatic nitrogens is 1. The van der Waals surface area contributed by atoms with Crippen LogP contribution in [-0.2, 0) is 6.54 Å². The largest absolute Gasteiger partial charge is 0.317 e. The van der Waals surface area contributed by atoms with Crippen molar-refractivity contribution in [3.05, 3.63) is 16.6 Å². The Labute approximate surface area is 113 Å². The van der Waals surface area contributed by atoms with Crippen LogP contribution in [0, 0.1) is 5.41 Å². The SMILES string of the molecule is Cl.c1ncc(CN2CCC3(CCNCC3)C2)s1. The Balaban J connectivity index is 0.00000108. The first-order valence-electron chi connectivity index (χ1n) is 6.17. The minimum absolute atomic E-state index is 0. The molecule has 0 aliphatic carbocycles. The first-order valence-corrected chi connectivity index (χ1v) is 7.05. The van der Waals surface area contributed by atoms with E-state index in [-0.39, 0.29) is 12.4 Å².